The fourth-order valence-electron chi connectivity index (χ4n) is 1.54. The monoisotopic (exact) mass is 320 g/mol. The second kappa shape index (κ2) is 6.89. The van der Waals surface area contributed by atoms with E-state index in [1.165, 1.54) is 0 Å². The van der Waals surface area contributed by atoms with Crippen LogP contribution in [0.4, 0.5) is 0 Å². The lowest BCUT2D eigenvalue weighted by Gasteiger charge is -2.06. The summed E-state index contributed by atoms with van der Waals surface area (Å²) in [6.07, 6.45) is 1.70. The van der Waals surface area contributed by atoms with E-state index in [2.05, 4.69) is 26.2 Å². The number of benzene rings is 1. The molecule has 0 saturated carbocycles. The van der Waals surface area contributed by atoms with Crippen LogP contribution in [0.2, 0.25) is 0 Å². The molecule has 1 N–H and O–H groups in total. The molecule has 1 aromatic heterocycles. The predicted octanol–water partition coefficient (Wildman–Crippen LogP) is 2.74. The van der Waals surface area contributed by atoms with Crippen LogP contribution in [0.15, 0.2) is 48.7 Å². The van der Waals surface area contributed by atoms with Crippen molar-refractivity contribution in [1.29, 1.82) is 0 Å². The van der Waals surface area contributed by atoms with Crippen molar-refractivity contribution < 1.29 is 9.53 Å². The Morgan fingerprint density at radius 3 is 2.63 bits per heavy atom. The highest BCUT2D eigenvalue weighted by molar-refractivity contribution is 9.09. The van der Waals surface area contributed by atoms with Gasteiger partial charge in [0.05, 0.1) is 12.2 Å². The average molecular weight is 321 g/mol. The molecule has 1 amide bonds. The van der Waals surface area contributed by atoms with Gasteiger partial charge in [0.15, 0.2) is 0 Å². The smallest absolute Gasteiger partial charge is 0.251 e. The van der Waals surface area contributed by atoms with Crippen molar-refractivity contribution >= 4 is 21.8 Å². The standard InChI is InChI=1S/C14H13BrN2O2/c15-10-19-13-6-4-11(5-7-13)14(18)17-9-12-3-1-2-8-16-12/h1-8H,9-10H2,(H,17,18). The molecule has 4 nitrogen and oxygen atoms in total. The highest BCUT2D eigenvalue weighted by Crippen LogP contribution is 2.12. The summed E-state index contributed by atoms with van der Waals surface area (Å²) in [4.78, 5) is 16.0. The zero-order valence-electron chi connectivity index (χ0n) is 10.2. The van der Waals surface area contributed by atoms with Crippen LogP contribution in [-0.2, 0) is 6.54 Å². The maximum atomic E-state index is 11.9. The van der Waals surface area contributed by atoms with Gasteiger partial charge in [-0.25, -0.2) is 0 Å². The lowest BCUT2D eigenvalue weighted by molar-refractivity contribution is 0.0950. The molecule has 0 atom stereocenters. The van der Waals surface area contributed by atoms with E-state index in [4.69, 9.17) is 4.74 Å². The second-order valence-electron chi connectivity index (χ2n) is 3.78. The quantitative estimate of drug-likeness (QED) is 0.862. The van der Waals surface area contributed by atoms with E-state index in [9.17, 15) is 4.79 Å². The van der Waals surface area contributed by atoms with Crippen LogP contribution < -0.4 is 10.1 Å². The average Bonchev–Trinajstić information content (AvgIpc) is 2.47. The molecular weight excluding hydrogens is 308 g/mol. The van der Waals surface area contributed by atoms with E-state index in [0.29, 0.717) is 17.6 Å². The number of carbonyl (C=O) groups is 1. The molecule has 1 heterocycles. The van der Waals surface area contributed by atoms with Crippen molar-refractivity contribution in [2.45, 2.75) is 6.54 Å². The van der Waals surface area contributed by atoms with E-state index in [-0.39, 0.29) is 5.91 Å². The fourth-order valence-corrected chi connectivity index (χ4v) is 1.81. The second-order valence-corrected chi connectivity index (χ2v) is 4.24. The van der Waals surface area contributed by atoms with Crippen molar-refractivity contribution in [1.82, 2.24) is 10.3 Å². The van der Waals surface area contributed by atoms with Gasteiger partial charge in [0.1, 0.15) is 11.3 Å². The molecule has 2 aromatic rings. The lowest BCUT2D eigenvalue weighted by Crippen LogP contribution is -2.23. The Labute approximate surface area is 119 Å². The molecule has 5 heteroatoms. The van der Waals surface area contributed by atoms with E-state index in [1.54, 1.807) is 30.5 Å². The number of pyridine rings is 1. The third kappa shape index (κ3) is 4.06. The third-order valence-electron chi connectivity index (χ3n) is 2.49. The summed E-state index contributed by atoms with van der Waals surface area (Å²) < 4.78 is 5.24. The normalized spacial score (nSPS) is 9.95. The Kier molecular flexibility index (Phi) is 4.92. The number of halogens is 1. The topological polar surface area (TPSA) is 51.2 Å². The van der Waals surface area contributed by atoms with Crippen molar-refractivity contribution in [3.63, 3.8) is 0 Å². The molecule has 0 bridgehead atoms. The van der Waals surface area contributed by atoms with Gasteiger partial charge in [0.25, 0.3) is 5.91 Å². The Hall–Kier alpha value is -1.88. The molecule has 0 unspecified atom stereocenters. The number of amides is 1. The Morgan fingerprint density at radius 1 is 1.21 bits per heavy atom. The van der Waals surface area contributed by atoms with Crippen molar-refractivity contribution in [2.75, 3.05) is 5.52 Å². The van der Waals surface area contributed by atoms with E-state index in [0.717, 1.165) is 11.4 Å². The molecule has 0 radical (unpaired) electrons. The first-order valence-electron chi connectivity index (χ1n) is 5.76. The predicted molar refractivity (Wildman–Crippen MR) is 76.3 cm³/mol. The van der Waals surface area contributed by atoms with Gasteiger partial charge in [-0.15, -0.1) is 0 Å². The van der Waals surface area contributed by atoms with Gasteiger partial charge in [-0.2, -0.15) is 0 Å². The number of hydrogen-bond donors (Lipinski definition) is 1. The Bertz CT molecular complexity index is 529. The van der Waals surface area contributed by atoms with E-state index < -0.39 is 0 Å². The summed E-state index contributed by atoms with van der Waals surface area (Å²) in [5.74, 6) is 0.592. The molecule has 2 rings (SSSR count). The maximum absolute atomic E-state index is 11.9. The fraction of sp³-hybridized carbons (Fsp3) is 0.143. The molecule has 0 aliphatic rings. The molecule has 19 heavy (non-hydrogen) atoms. The first kappa shape index (κ1) is 13.5. The van der Waals surface area contributed by atoms with E-state index in [1.807, 2.05) is 18.2 Å². The number of ether oxygens (including phenoxy) is 1. The molecule has 98 valence electrons. The summed E-state index contributed by atoms with van der Waals surface area (Å²) in [7, 11) is 0. The minimum atomic E-state index is -0.129. The molecule has 0 spiro atoms. The van der Waals surface area contributed by atoms with Gasteiger partial charge in [-0.1, -0.05) is 6.07 Å². The number of nitrogens with one attached hydrogen (secondary N) is 1. The SMILES string of the molecule is O=C(NCc1ccccn1)c1ccc(OCBr)cc1. The van der Waals surface area contributed by atoms with E-state index >= 15 is 0 Å². The molecule has 0 aliphatic carbocycles. The maximum Gasteiger partial charge on any atom is 0.251 e. The van der Waals surface area contributed by atoms with Crippen LogP contribution in [0.3, 0.4) is 0 Å². The number of hydrogen-bond acceptors (Lipinski definition) is 3. The lowest BCUT2D eigenvalue weighted by atomic mass is 10.2. The molecule has 0 aliphatic heterocycles. The molecule has 1 aromatic carbocycles. The number of carbonyl (C=O) groups excluding carboxylic acids is 1. The van der Waals surface area contributed by atoms with Crippen LogP contribution in [0.25, 0.3) is 0 Å². The van der Waals surface area contributed by atoms with Crippen LogP contribution in [0, 0.1) is 0 Å². The Balaban J connectivity index is 1.92. The van der Waals surface area contributed by atoms with Crippen LogP contribution in [0.5, 0.6) is 5.75 Å². The number of aromatic nitrogens is 1. The minimum Gasteiger partial charge on any atom is -0.482 e. The number of alkyl halides is 1. The van der Waals surface area contributed by atoms with Crippen LogP contribution in [-0.4, -0.2) is 16.4 Å². The summed E-state index contributed by atoms with van der Waals surface area (Å²) in [5, 5.41) is 2.82. The number of rotatable bonds is 5. The number of nitrogens with zero attached hydrogens (tertiary/aromatic N) is 1. The zero-order valence-corrected chi connectivity index (χ0v) is 11.8. The third-order valence-corrected chi connectivity index (χ3v) is 2.72. The largest absolute Gasteiger partial charge is 0.482 e. The van der Waals surface area contributed by atoms with Gasteiger partial charge in [-0.3, -0.25) is 9.78 Å². The van der Waals surface area contributed by atoms with Crippen molar-refractivity contribution in [3.05, 3.63) is 59.9 Å². The minimum absolute atomic E-state index is 0.129. The summed E-state index contributed by atoms with van der Waals surface area (Å²) in [6.45, 7) is 0.416. The van der Waals surface area contributed by atoms with Crippen LogP contribution >= 0.6 is 15.9 Å². The van der Waals surface area contributed by atoms with Crippen molar-refractivity contribution in [3.8, 4) is 5.75 Å². The Morgan fingerprint density at radius 2 is 2.00 bits per heavy atom. The van der Waals surface area contributed by atoms with Gasteiger partial charge in [0.2, 0.25) is 0 Å². The molecular formula is C14H13BrN2O2. The molecule has 0 saturated heterocycles. The van der Waals surface area contributed by atoms with Crippen LogP contribution in [0.1, 0.15) is 16.1 Å². The van der Waals surface area contributed by atoms with Gasteiger partial charge >= 0.3 is 0 Å². The zero-order chi connectivity index (χ0) is 13.5. The summed E-state index contributed by atoms with van der Waals surface area (Å²) in [5.41, 5.74) is 1.85. The highest BCUT2D eigenvalue weighted by Gasteiger charge is 2.05. The first-order chi connectivity index (χ1) is 9.29. The molecule has 0 fully saturated rings. The van der Waals surface area contributed by atoms with Gasteiger partial charge in [0, 0.05) is 11.8 Å². The summed E-state index contributed by atoms with van der Waals surface area (Å²) in [6, 6.07) is 12.6. The van der Waals surface area contributed by atoms with Crippen molar-refractivity contribution in [2.24, 2.45) is 0 Å². The van der Waals surface area contributed by atoms with Gasteiger partial charge in [-0.05, 0) is 52.3 Å². The van der Waals surface area contributed by atoms with Gasteiger partial charge < -0.3 is 10.1 Å². The highest BCUT2D eigenvalue weighted by atomic mass is 79.9. The summed E-state index contributed by atoms with van der Waals surface area (Å²) >= 11 is 3.18. The first-order valence-corrected chi connectivity index (χ1v) is 6.88.